The zero-order valence-corrected chi connectivity index (χ0v) is 8.36. The van der Waals surface area contributed by atoms with E-state index in [2.05, 4.69) is 17.5 Å². The molecule has 1 rings (SSSR count). The molecule has 0 atom stereocenters. The summed E-state index contributed by atoms with van der Waals surface area (Å²) in [6, 6.07) is 11.0. The average molecular weight is 198 g/mol. The van der Waals surface area contributed by atoms with Gasteiger partial charge in [-0.05, 0) is 24.1 Å². The molecule has 0 aliphatic heterocycles. The third-order valence-electron chi connectivity index (χ3n) is 1.87. The highest BCUT2D eigenvalue weighted by Gasteiger charge is 1.94. The molecule has 0 radical (unpaired) electrons. The molecule has 0 amide bonds. The lowest BCUT2D eigenvalue weighted by molar-refractivity contribution is 1.14. The number of benzene rings is 1. The molecule has 1 aromatic rings. The van der Waals surface area contributed by atoms with E-state index < -0.39 is 0 Å². The number of nitrogens with zero attached hydrogens (tertiary/aromatic N) is 3. The van der Waals surface area contributed by atoms with Gasteiger partial charge in [0.05, 0.1) is 5.69 Å². The van der Waals surface area contributed by atoms with E-state index >= 15 is 0 Å². The van der Waals surface area contributed by atoms with E-state index in [0.717, 1.165) is 12.1 Å². The number of anilines is 1. The molecule has 4 nitrogen and oxygen atoms in total. The van der Waals surface area contributed by atoms with Gasteiger partial charge < -0.3 is 0 Å². The fraction of sp³-hybridized carbons (Fsp3) is 0.182. The summed E-state index contributed by atoms with van der Waals surface area (Å²) in [5.41, 5.74) is 4.44. The number of hydrogen-bond acceptors (Lipinski definition) is 4. The fourth-order valence-electron chi connectivity index (χ4n) is 1.01. The van der Waals surface area contributed by atoms with E-state index in [9.17, 15) is 0 Å². The molecule has 0 unspecified atom stereocenters. The minimum absolute atomic E-state index is 0.186. The second-order valence-corrected chi connectivity index (χ2v) is 2.85. The number of hydrogen-bond donors (Lipinski definition) is 1. The summed E-state index contributed by atoms with van der Waals surface area (Å²) >= 11 is 0. The number of hydrazone groups is 1. The fourth-order valence-corrected chi connectivity index (χ4v) is 1.01. The van der Waals surface area contributed by atoms with Crippen molar-refractivity contribution >= 4 is 11.4 Å². The molecule has 0 fully saturated rings. The van der Waals surface area contributed by atoms with Crippen LogP contribution < -0.4 is 5.43 Å². The van der Waals surface area contributed by atoms with Gasteiger partial charge >= 0.3 is 0 Å². The van der Waals surface area contributed by atoms with Crippen molar-refractivity contribution < 1.29 is 0 Å². The van der Waals surface area contributed by atoms with Crippen LogP contribution in [0.15, 0.2) is 29.4 Å². The number of nitrogens with one attached hydrogen (secondary N) is 1. The minimum atomic E-state index is -0.186. The lowest BCUT2D eigenvalue weighted by Crippen LogP contribution is -1.96. The van der Waals surface area contributed by atoms with Gasteiger partial charge in [0.2, 0.25) is 5.71 Å². The van der Waals surface area contributed by atoms with Crippen LogP contribution in [0.5, 0.6) is 0 Å². The van der Waals surface area contributed by atoms with Crippen LogP contribution in [0.3, 0.4) is 0 Å². The van der Waals surface area contributed by atoms with Crippen molar-refractivity contribution in [2.75, 3.05) is 5.43 Å². The van der Waals surface area contributed by atoms with E-state index in [1.54, 1.807) is 12.1 Å². The molecule has 0 bridgehead atoms. The normalized spacial score (nSPS) is 8.47. The van der Waals surface area contributed by atoms with Crippen LogP contribution in [-0.4, -0.2) is 5.71 Å². The molecule has 0 aliphatic rings. The van der Waals surface area contributed by atoms with Gasteiger partial charge in [-0.1, -0.05) is 19.1 Å². The van der Waals surface area contributed by atoms with Crippen molar-refractivity contribution in [2.45, 2.75) is 13.3 Å². The Balaban J connectivity index is 2.71. The molecule has 4 heteroatoms. The molecule has 0 aliphatic carbocycles. The summed E-state index contributed by atoms with van der Waals surface area (Å²) in [5.74, 6) is 0. The van der Waals surface area contributed by atoms with Gasteiger partial charge in [-0.25, -0.2) is 0 Å². The molecule has 0 aromatic heterocycles. The Hall–Kier alpha value is -2.33. The van der Waals surface area contributed by atoms with Crippen LogP contribution in [0, 0.1) is 22.7 Å². The number of nitriles is 2. The Morgan fingerprint density at radius 1 is 1.27 bits per heavy atom. The molecular formula is C11H10N4. The Morgan fingerprint density at radius 3 is 2.33 bits per heavy atom. The Labute approximate surface area is 88.5 Å². The third kappa shape index (κ3) is 3.13. The second kappa shape index (κ2) is 5.41. The Bertz CT molecular complexity index is 415. The minimum Gasteiger partial charge on any atom is -0.277 e. The zero-order valence-electron chi connectivity index (χ0n) is 8.36. The highest BCUT2D eigenvalue weighted by Crippen LogP contribution is 2.09. The second-order valence-electron chi connectivity index (χ2n) is 2.85. The van der Waals surface area contributed by atoms with Crippen LogP contribution >= 0.6 is 0 Å². The van der Waals surface area contributed by atoms with E-state index in [1.165, 1.54) is 5.56 Å². The van der Waals surface area contributed by atoms with Crippen molar-refractivity contribution in [1.82, 2.24) is 0 Å². The molecule has 0 spiro atoms. The quantitative estimate of drug-likeness (QED) is 0.596. The van der Waals surface area contributed by atoms with E-state index in [4.69, 9.17) is 10.5 Å². The van der Waals surface area contributed by atoms with Gasteiger partial charge in [0.25, 0.3) is 0 Å². The van der Waals surface area contributed by atoms with E-state index in [1.807, 2.05) is 24.3 Å². The van der Waals surface area contributed by atoms with Crippen molar-refractivity contribution in [3.63, 3.8) is 0 Å². The lowest BCUT2D eigenvalue weighted by atomic mass is 10.2. The molecule has 0 saturated carbocycles. The first-order chi connectivity index (χ1) is 7.30. The summed E-state index contributed by atoms with van der Waals surface area (Å²) in [7, 11) is 0. The molecule has 1 aromatic carbocycles. The van der Waals surface area contributed by atoms with Gasteiger partial charge in [0.15, 0.2) is 0 Å². The third-order valence-corrected chi connectivity index (χ3v) is 1.87. The van der Waals surface area contributed by atoms with Crippen molar-refractivity contribution in [2.24, 2.45) is 5.10 Å². The van der Waals surface area contributed by atoms with Crippen LogP contribution in [0.4, 0.5) is 5.69 Å². The Kier molecular flexibility index (Phi) is 3.88. The summed E-state index contributed by atoms with van der Waals surface area (Å²) in [4.78, 5) is 0. The standard InChI is InChI=1S/C11H10N4/c1-2-9-3-5-10(6-4-9)14-15-11(7-12)8-13/h3-6,14H,2H2,1H3. The zero-order chi connectivity index (χ0) is 11.1. The van der Waals surface area contributed by atoms with Crippen LogP contribution in [0.25, 0.3) is 0 Å². The van der Waals surface area contributed by atoms with Gasteiger partial charge in [-0.2, -0.15) is 15.6 Å². The van der Waals surface area contributed by atoms with E-state index in [0.29, 0.717) is 0 Å². The van der Waals surface area contributed by atoms with Crippen LogP contribution in [-0.2, 0) is 6.42 Å². The SMILES string of the molecule is CCc1ccc(NN=C(C#N)C#N)cc1. The number of rotatable bonds is 3. The summed E-state index contributed by atoms with van der Waals surface area (Å²) in [6.45, 7) is 2.07. The molecule has 0 saturated heterocycles. The lowest BCUT2D eigenvalue weighted by Gasteiger charge is -2.00. The maximum absolute atomic E-state index is 8.44. The van der Waals surface area contributed by atoms with Gasteiger partial charge in [-0.3, -0.25) is 5.43 Å². The summed E-state index contributed by atoms with van der Waals surface area (Å²) < 4.78 is 0. The summed E-state index contributed by atoms with van der Waals surface area (Å²) in [6.07, 6.45) is 0.977. The molecule has 74 valence electrons. The molecule has 15 heavy (non-hydrogen) atoms. The van der Waals surface area contributed by atoms with Crippen LogP contribution in [0.1, 0.15) is 12.5 Å². The van der Waals surface area contributed by atoms with Gasteiger partial charge in [0.1, 0.15) is 12.1 Å². The monoisotopic (exact) mass is 198 g/mol. The smallest absolute Gasteiger partial charge is 0.237 e. The van der Waals surface area contributed by atoms with Crippen molar-refractivity contribution in [3.8, 4) is 12.1 Å². The molecule has 1 N–H and O–H groups in total. The average Bonchev–Trinajstić information content (AvgIpc) is 2.31. The first-order valence-electron chi connectivity index (χ1n) is 4.53. The Morgan fingerprint density at radius 2 is 1.87 bits per heavy atom. The first kappa shape index (κ1) is 10.7. The molecular weight excluding hydrogens is 188 g/mol. The van der Waals surface area contributed by atoms with Crippen molar-refractivity contribution in [1.29, 1.82) is 10.5 Å². The van der Waals surface area contributed by atoms with Crippen molar-refractivity contribution in [3.05, 3.63) is 29.8 Å². The summed E-state index contributed by atoms with van der Waals surface area (Å²) in [5, 5.41) is 20.5. The highest BCUT2D eigenvalue weighted by molar-refractivity contribution is 6.10. The topological polar surface area (TPSA) is 72.0 Å². The van der Waals surface area contributed by atoms with Gasteiger partial charge in [0, 0.05) is 0 Å². The molecule has 0 heterocycles. The van der Waals surface area contributed by atoms with Gasteiger partial charge in [-0.15, -0.1) is 0 Å². The van der Waals surface area contributed by atoms with Crippen LogP contribution in [0.2, 0.25) is 0 Å². The largest absolute Gasteiger partial charge is 0.277 e. The van der Waals surface area contributed by atoms with E-state index in [-0.39, 0.29) is 5.71 Å². The highest BCUT2D eigenvalue weighted by atomic mass is 15.3. The predicted octanol–water partition coefficient (Wildman–Crippen LogP) is 2.06. The predicted molar refractivity (Wildman–Crippen MR) is 58.1 cm³/mol. The first-order valence-corrected chi connectivity index (χ1v) is 4.53. The maximum atomic E-state index is 8.44. The maximum Gasteiger partial charge on any atom is 0.237 e. The number of aryl methyl sites for hydroxylation is 1.